The van der Waals surface area contributed by atoms with Crippen molar-refractivity contribution in [1.82, 2.24) is 4.90 Å². The number of halogens is 2. The predicted octanol–water partition coefficient (Wildman–Crippen LogP) is 1.70. The van der Waals surface area contributed by atoms with Crippen molar-refractivity contribution in [2.45, 2.75) is 19.8 Å². The number of hydrogen-bond donors (Lipinski definition) is 1. The third kappa shape index (κ3) is 4.07. The molecule has 2 N–H and O–H groups in total. The first kappa shape index (κ1) is 14.6. The molecule has 0 aromatic heterocycles. The van der Waals surface area contributed by atoms with Crippen LogP contribution in [0.25, 0.3) is 0 Å². The molecule has 18 heavy (non-hydrogen) atoms. The van der Waals surface area contributed by atoms with E-state index in [0.29, 0.717) is 25.2 Å². The number of nitrogens with two attached hydrogens (primary N) is 1. The maximum Gasteiger partial charge on any atom is 0.227 e. The number of rotatable bonds is 6. The van der Waals surface area contributed by atoms with Crippen LogP contribution in [0.4, 0.5) is 8.78 Å². The molecular formula is C13H18F2N2O. The van der Waals surface area contributed by atoms with Crippen LogP contribution in [-0.4, -0.2) is 30.4 Å². The Morgan fingerprint density at radius 1 is 1.28 bits per heavy atom. The molecule has 0 aliphatic carbocycles. The van der Waals surface area contributed by atoms with Gasteiger partial charge in [0.1, 0.15) is 0 Å². The van der Waals surface area contributed by atoms with Crippen molar-refractivity contribution in [3.63, 3.8) is 0 Å². The molecule has 0 saturated carbocycles. The van der Waals surface area contributed by atoms with E-state index in [1.165, 1.54) is 6.07 Å². The van der Waals surface area contributed by atoms with Crippen LogP contribution in [0.15, 0.2) is 18.2 Å². The zero-order valence-electron chi connectivity index (χ0n) is 10.5. The van der Waals surface area contributed by atoms with E-state index < -0.39 is 11.6 Å². The lowest BCUT2D eigenvalue weighted by molar-refractivity contribution is -0.130. The molecule has 0 fully saturated rings. The van der Waals surface area contributed by atoms with Crippen molar-refractivity contribution >= 4 is 5.91 Å². The Hall–Kier alpha value is -1.49. The molecule has 0 spiro atoms. The number of nitrogens with zero attached hydrogens (tertiary/aromatic N) is 1. The molecule has 0 heterocycles. The first-order valence-corrected chi connectivity index (χ1v) is 6.00. The number of hydrogen-bond acceptors (Lipinski definition) is 2. The summed E-state index contributed by atoms with van der Waals surface area (Å²) in [5, 5.41) is 0. The summed E-state index contributed by atoms with van der Waals surface area (Å²) in [5.74, 6) is -1.95. The molecule has 100 valence electrons. The van der Waals surface area contributed by atoms with E-state index in [9.17, 15) is 13.6 Å². The van der Waals surface area contributed by atoms with Crippen LogP contribution in [-0.2, 0) is 11.2 Å². The highest BCUT2D eigenvalue weighted by Gasteiger charge is 2.13. The molecule has 0 saturated heterocycles. The van der Waals surface area contributed by atoms with Crippen LogP contribution in [0, 0.1) is 11.6 Å². The molecule has 1 amide bonds. The molecule has 0 aliphatic heterocycles. The van der Waals surface area contributed by atoms with Crippen LogP contribution in [0.3, 0.4) is 0 Å². The van der Waals surface area contributed by atoms with Gasteiger partial charge in [0.25, 0.3) is 0 Å². The summed E-state index contributed by atoms with van der Waals surface area (Å²) in [6.07, 6.45) is 0.903. The fourth-order valence-corrected chi connectivity index (χ4v) is 1.72. The van der Waals surface area contributed by atoms with Gasteiger partial charge < -0.3 is 10.6 Å². The summed E-state index contributed by atoms with van der Waals surface area (Å²) >= 11 is 0. The second kappa shape index (κ2) is 7.06. The average Bonchev–Trinajstić information content (AvgIpc) is 2.33. The van der Waals surface area contributed by atoms with Crippen molar-refractivity contribution in [3.8, 4) is 0 Å². The van der Waals surface area contributed by atoms with Gasteiger partial charge in [-0.05, 0) is 24.1 Å². The topological polar surface area (TPSA) is 46.3 Å². The smallest absolute Gasteiger partial charge is 0.227 e. The summed E-state index contributed by atoms with van der Waals surface area (Å²) in [6, 6.07) is 3.51. The fraction of sp³-hybridized carbons (Fsp3) is 0.462. The largest absolute Gasteiger partial charge is 0.341 e. The van der Waals surface area contributed by atoms with E-state index in [-0.39, 0.29) is 12.3 Å². The highest BCUT2D eigenvalue weighted by Crippen LogP contribution is 2.10. The highest BCUT2D eigenvalue weighted by atomic mass is 19.2. The maximum absolute atomic E-state index is 13.0. The van der Waals surface area contributed by atoms with E-state index in [1.54, 1.807) is 4.90 Å². The van der Waals surface area contributed by atoms with Crippen LogP contribution < -0.4 is 5.73 Å². The normalized spacial score (nSPS) is 10.4. The lowest BCUT2D eigenvalue weighted by Gasteiger charge is -2.21. The Labute approximate surface area is 106 Å². The molecular weight excluding hydrogens is 238 g/mol. The SMILES string of the molecule is CCCN(CCN)C(=O)Cc1ccc(F)c(F)c1. The Bertz CT molecular complexity index is 404. The van der Waals surface area contributed by atoms with E-state index in [4.69, 9.17) is 5.73 Å². The molecule has 0 atom stereocenters. The fourth-order valence-electron chi connectivity index (χ4n) is 1.72. The average molecular weight is 256 g/mol. The minimum Gasteiger partial charge on any atom is -0.341 e. The first-order chi connectivity index (χ1) is 8.58. The molecule has 5 heteroatoms. The molecule has 1 aromatic carbocycles. The lowest BCUT2D eigenvalue weighted by atomic mass is 10.1. The van der Waals surface area contributed by atoms with E-state index in [1.807, 2.05) is 6.92 Å². The number of benzene rings is 1. The van der Waals surface area contributed by atoms with Crippen molar-refractivity contribution in [2.75, 3.05) is 19.6 Å². The van der Waals surface area contributed by atoms with Gasteiger partial charge in [-0.15, -0.1) is 0 Å². The number of carbonyl (C=O) groups is 1. The van der Waals surface area contributed by atoms with Crippen LogP contribution >= 0.6 is 0 Å². The third-order valence-corrected chi connectivity index (χ3v) is 2.58. The number of carbonyl (C=O) groups excluding carboxylic acids is 1. The van der Waals surface area contributed by atoms with Crippen LogP contribution in [0.5, 0.6) is 0 Å². The molecule has 0 radical (unpaired) electrons. The zero-order valence-corrected chi connectivity index (χ0v) is 10.5. The molecule has 3 nitrogen and oxygen atoms in total. The van der Waals surface area contributed by atoms with E-state index >= 15 is 0 Å². The van der Waals surface area contributed by atoms with Crippen molar-refractivity contribution < 1.29 is 13.6 Å². The second-order valence-electron chi connectivity index (χ2n) is 4.09. The van der Waals surface area contributed by atoms with Gasteiger partial charge in [-0.3, -0.25) is 4.79 Å². The van der Waals surface area contributed by atoms with E-state index in [0.717, 1.165) is 18.6 Å². The van der Waals surface area contributed by atoms with Gasteiger partial charge in [0.2, 0.25) is 5.91 Å². The predicted molar refractivity (Wildman–Crippen MR) is 66.0 cm³/mol. The summed E-state index contributed by atoms with van der Waals surface area (Å²) in [5.41, 5.74) is 5.90. The minimum atomic E-state index is -0.929. The Kier molecular flexibility index (Phi) is 5.71. The molecule has 0 bridgehead atoms. The number of amides is 1. The summed E-state index contributed by atoms with van der Waals surface area (Å²) < 4.78 is 25.8. The van der Waals surface area contributed by atoms with Gasteiger partial charge in [-0.2, -0.15) is 0 Å². The monoisotopic (exact) mass is 256 g/mol. The van der Waals surface area contributed by atoms with Gasteiger partial charge in [0.15, 0.2) is 11.6 Å². The Morgan fingerprint density at radius 3 is 2.56 bits per heavy atom. The summed E-state index contributed by atoms with van der Waals surface area (Å²) in [7, 11) is 0. The third-order valence-electron chi connectivity index (χ3n) is 2.58. The second-order valence-corrected chi connectivity index (χ2v) is 4.09. The maximum atomic E-state index is 13.0. The van der Waals surface area contributed by atoms with Crippen LogP contribution in [0.1, 0.15) is 18.9 Å². The standard InChI is InChI=1S/C13H18F2N2O/c1-2-6-17(7-5-16)13(18)9-10-3-4-11(14)12(15)8-10/h3-4,8H,2,5-7,9,16H2,1H3. The van der Waals surface area contributed by atoms with Gasteiger partial charge in [0.05, 0.1) is 6.42 Å². The lowest BCUT2D eigenvalue weighted by Crippen LogP contribution is -2.36. The summed E-state index contributed by atoms with van der Waals surface area (Å²) in [6.45, 7) is 3.47. The van der Waals surface area contributed by atoms with Crippen molar-refractivity contribution in [3.05, 3.63) is 35.4 Å². The Balaban J connectivity index is 2.69. The zero-order chi connectivity index (χ0) is 13.5. The van der Waals surface area contributed by atoms with Gasteiger partial charge in [0, 0.05) is 19.6 Å². The molecule has 0 aliphatic rings. The first-order valence-electron chi connectivity index (χ1n) is 6.00. The highest BCUT2D eigenvalue weighted by molar-refractivity contribution is 5.78. The van der Waals surface area contributed by atoms with Crippen molar-refractivity contribution in [1.29, 1.82) is 0 Å². The Morgan fingerprint density at radius 2 is 2.00 bits per heavy atom. The van der Waals surface area contributed by atoms with E-state index in [2.05, 4.69) is 0 Å². The molecule has 0 unspecified atom stereocenters. The minimum absolute atomic E-state index is 0.0667. The van der Waals surface area contributed by atoms with Crippen molar-refractivity contribution in [2.24, 2.45) is 5.73 Å². The molecule has 1 aromatic rings. The van der Waals surface area contributed by atoms with Gasteiger partial charge >= 0.3 is 0 Å². The van der Waals surface area contributed by atoms with Gasteiger partial charge in [-0.25, -0.2) is 8.78 Å². The van der Waals surface area contributed by atoms with Gasteiger partial charge in [-0.1, -0.05) is 13.0 Å². The summed E-state index contributed by atoms with van der Waals surface area (Å²) in [4.78, 5) is 13.6. The molecule has 1 rings (SSSR count). The van der Waals surface area contributed by atoms with Crippen LogP contribution in [0.2, 0.25) is 0 Å². The quantitative estimate of drug-likeness (QED) is 0.842.